The van der Waals surface area contributed by atoms with Gasteiger partial charge in [-0.1, -0.05) is 0 Å². The van der Waals surface area contributed by atoms with Crippen molar-refractivity contribution in [1.82, 2.24) is 15.2 Å². The Balaban J connectivity index is 1.77. The third-order valence-corrected chi connectivity index (χ3v) is 3.36. The lowest BCUT2D eigenvalue weighted by Crippen LogP contribution is -2.33. The summed E-state index contributed by atoms with van der Waals surface area (Å²) < 4.78 is 0. The number of amides is 2. The quantitative estimate of drug-likeness (QED) is 0.765. The molecule has 1 saturated heterocycles. The highest BCUT2D eigenvalue weighted by atomic mass is 16.2. The Morgan fingerprint density at radius 2 is 2.20 bits per heavy atom. The first-order valence-corrected chi connectivity index (χ1v) is 6.84. The molecule has 1 aliphatic rings. The molecule has 0 aromatic carbocycles. The van der Waals surface area contributed by atoms with Gasteiger partial charge in [0.05, 0.1) is 0 Å². The van der Waals surface area contributed by atoms with Crippen LogP contribution in [-0.4, -0.2) is 41.3 Å². The van der Waals surface area contributed by atoms with Gasteiger partial charge >= 0.3 is 0 Å². The third kappa shape index (κ3) is 3.46. The number of hydrogen-bond donors (Lipinski definition) is 2. The van der Waals surface area contributed by atoms with E-state index in [1.165, 1.54) is 6.07 Å². The topological polar surface area (TPSA) is 82.3 Å². The van der Waals surface area contributed by atoms with Crippen molar-refractivity contribution in [2.45, 2.75) is 26.2 Å². The van der Waals surface area contributed by atoms with Crippen molar-refractivity contribution in [1.29, 1.82) is 0 Å². The number of carbonyl (C=O) groups is 2. The summed E-state index contributed by atoms with van der Waals surface area (Å²) in [5, 5.41) is 2.70. The molecule has 1 fully saturated rings. The minimum Gasteiger partial charge on any atom is -0.352 e. The van der Waals surface area contributed by atoms with Gasteiger partial charge in [-0.25, -0.2) is 0 Å². The van der Waals surface area contributed by atoms with Gasteiger partial charge < -0.3 is 15.2 Å². The van der Waals surface area contributed by atoms with Crippen LogP contribution < -0.4 is 10.9 Å². The Kier molecular flexibility index (Phi) is 4.55. The summed E-state index contributed by atoms with van der Waals surface area (Å²) in [7, 11) is 0. The number of likely N-dealkylation sites (tertiary alicyclic amines) is 1. The molecule has 2 amide bonds. The summed E-state index contributed by atoms with van der Waals surface area (Å²) in [6, 6.07) is 3.21. The normalized spacial score (nSPS) is 14.7. The van der Waals surface area contributed by atoms with Gasteiger partial charge in [-0.05, 0) is 31.9 Å². The van der Waals surface area contributed by atoms with Crippen LogP contribution in [0.3, 0.4) is 0 Å². The van der Waals surface area contributed by atoms with Crippen LogP contribution in [0.4, 0.5) is 0 Å². The molecular formula is C14H19N3O3. The predicted octanol–water partition coefficient (Wildman–Crippen LogP) is 0.426. The number of hydrogen-bond acceptors (Lipinski definition) is 3. The Labute approximate surface area is 117 Å². The lowest BCUT2D eigenvalue weighted by Gasteiger charge is -2.15. The van der Waals surface area contributed by atoms with E-state index in [0.717, 1.165) is 18.7 Å². The fraction of sp³-hybridized carbons (Fsp3) is 0.500. The van der Waals surface area contributed by atoms with Crippen molar-refractivity contribution in [3.8, 4) is 0 Å². The number of nitrogens with zero attached hydrogens (tertiary/aromatic N) is 1. The number of rotatable bonds is 5. The summed E-state index contributed by atoms with van der Waals surface area (Å²) in [5.74, 6) is -0.190. The molecule has 0 spiro atoms. The molecule has 1 aromatic rings. The van der Waals surface area contributed by atoms with Crippen LogP contribution in [0.15, 0.2) is 16.9 Å². The molecule has 0 bridgehead atoms. The maximum absolute atomic E-state index is 11.8. The summed E-state index contributed by atoms with van der Waals surface area (Å²) in [6.07, 6.45) is 2.25. The van der Waals surface area contributed by atoms with E-state index in [-0.39, 0.29) is 22.9 Å². The lowest BCUT2D eigenvalue weighted by molar-refractivity contribution is -0.127. The van der Waals surface area contributed by atoms with E-state index in [1.54, 1.807) is 13.0 Å². The molecule has 0 radical (unpaired) electrons. The van der Waals surface area contributed by atoms with E-state index in [2.05, 4.69) is 10.3 Å². The molecule has 0 atom stereocenters. The third-order valence-electron chi connectivity index (χ3n) is 3.36. The van der Waals surface area contributed by atoms with E-state index in [4.69, 9.17) is 0 Å². The van der Waals surface area contributed by atoms with Crippen molar-refractivity contribution in [2.75, 3.05) is 19.6 Å². The van der Waals surface area contributed by atoms with Gasteiger partial charge in [0.15, 0.2) is 0 Å². The largest absolute Gasteiger partial charge is 0.352 e. The fourth-order valence-electron chi connectivity index (χ4n) is 2.26. The van der Waals surface area contributed by atoms with Gasteiger partial charge in [0.1, 0.15) is 5.56 Å². The van der Waals surface area contributed by atoms with Crippen molar-refractivity contribution in [3.05, 3.63) is 33.7 Å². The van der Waals surface area contributed by atoms with Crippen LogP contribution in [0.5, 0.6) is 0 Å². The molecule has 6 nitrogen and oxygen atoms in total. The molecular weight excluding hydrogens is 258 g/mol. The Morgan fingerprint density at radius 1 is 1.40 bits per heavy atom. The van der Waals surface area contributed by atoms with E-state index in [1.807, 2.05) is 4.90 Å². The fourth-order valence-corrected chi connectivity index (χ4v) is 2.26. The number of H-pyrrole nitrogens is 1. The monoisotopic (exact) mass is 277 g/mol. The van der Waals surface area contributed by atoms with E-state index in [0.29, 0.717) is 25.9 Å². The number of pyridine rings is 1. The maximum Gasteiger partial charge on any atom is 0.260 e. The van der Waals surface area contributed by atoms with Crippen LogP contribution in [0, 0.1) is 6.92 Å². The molecule has 20 heavy (non-hydrogen) atoms. The van der Waals surface area contributed by atoms with Crippen LogP contribution in [0.25, 0.3) is 0 Å². The van der Waals surface area contributed by atoms with E-state index < -0.39 is 0 Å². The van der Waals surface area contributed by atoms with Gasteiger partial charge in [-0.3, -0.25) is 14.4 Å². The second kappa shape index (κ2) is 6.36. The maximum atomic E-state index is 11.8. The highest BCUT2D eigenvalue weighted by Crippen LogP contribution is 2.09. The summed E-state index contributed by atoms with van der Waals surface area (Å²) in [4.78, 5) is 39.2. The Morgan fingerprint density at radius 3 is 2.85 bits per heavy atom. The number of aromatic amines is 1. The number of carbonyl (C=O) groups excluding carboxylic acids is 2. The molecule has 2 rings (SSSR count). The van der Waals surface area contributed by atoms with Crippen LogP contribution in [-0.2, 0) is 4.79 Å². The molecule has 0 saturated carbocycles. The molecule has 1 aliphatic heterocycles. The first-order chi connectivity index (χ1) is 9.58. The Bertz CT molecular complexity index is 565. The molecule has 2 heterocycles. The number of nitrogens with one attached hydrogen (secondary N) is 2. The van der Waals surface area contributed by atoms with E-state index >= 15 is 0 Å². The predicted molar refractivity (Wildman–Crippen MR) is 74.6 cm³/mol. The standard InChI is InChI=1S/C14H19N3O3/c1-10-5-6-11(14(20)16-10)13(19)15-7-3-9-17-8-2-4-12(17)18/h5-6H,2-4,7-9H2,1H3,(H,15,19)(H,16,20). The molecule has 6 heteroatoms. The zero-order valence-corrected chi connectivity index (χ0v) is 11.6. The van der Waals surface area contributed by atoms with Gasteiger partial charge in [-0.15, -0.1) is 0 Å². The van der Waals surface area contributed by atoms with Crippen LogP contribution >= 0.6 is 0 Å². The SMILES string of the molecule is Cc1ccc(C(=O)NCCCN2CCCC2=O)c(=O)[nH]1. The number of aromatic nitrogens is 1. The van der Waals surface area contributed by atoms with Gasteiger partial charge in [0.2, 0.25) is 5.91 Å². The second-order valence-electron chi connectivity index (χ2n) is 4.98. The minimum absolute atomic E-state index is 0.118. The zero-order chi connectivity index (χ0) is 14.5. The average Bonchev–Trinajstić information content (AvgIpc) is 2.80. The first-order valence-electron chi connectivity index (χ1n) is 6.84. The van der Waals surface area contributed by atoms with Crippen molar-refractivity contribution in [2.24, 2.45) is 0 Å². The summed E-state index contributed by atoms with van der Waals surface area (Å²) in [6.45, 7) is 3.68. The molecule has 1 aromatic heterocycles. The highest BCUT2D eigenvalue weighted by Gasteiger charge is 2.19. The lowest BCUT2D eigenvalue weighted by atomic mass is 10.2. The van der Waals surface area contributed by atoms with Crippen LogP contribution in [0.2, 0.25) is 0 Å². The van der Waals surface area contributed by atoms with Crippen molar-refractivity contribution in [3.63, 3.8) is 0 Å². The molecule has 0 aliphatic carbocycles. The summed E-state index contributed by atoms with van der Waals surface area (Å²) in [5.41, 5.74) is 0.462. The van der Waals surface area contributed by atoms with Crippen LogP contribution in [0.1, 0.15) is 35.3 Å². The smallest absolute Gasteiger partial charge is 0.260 e. The molecule has 108 valence electrons. The minimum atomic E-state index is -0.378. The second-order valence-corrected chi connectivity index (χ2v) is 4.98. The van der Waals surface area contributed by atoms with Crippen molar-refractivity contribution >= 4 is 11.8 Å². The average molecular weight is 277 g/mol. The molecule has 0 unspecified atom stereocenters. The van der Waals surface area contributed by atoms with Gasteiger partial charge in [0.25, 0.3) is 11.5 Å². The summed E-state index contributed by atoms with van der Waals surface area (Å²) >= 11 is 0. The Hall–Kier alpha value is -2.11. The van der Waals surface area contributed by atoms with Gasteiger partial charge in [0, 0.05) is 31.7 Å². The van der Waals surface area contributed by atoms with Gasteiger partial charge in [-0.2, -0.15) is 0 Å². The first kappa shape index (κ1) is 14.3. The number of aryl methyl sites for hydroxylation is 1. The highest BCUT2D eigenvalue weighted by molar-refractivity contribution is 5.93. The zero-order valence-electron chi connectivity index (χ0n) is 11.6. The molecule has 2 N–H and O–H groups in total. The van der Waals surface area contributed by atoms with Crippen molar-refractivity contribution < 1.29 is 9.59 Å². The van der Waals surface area contributed by atoms with E-state index in [9.17, 15) is 14.4 Å².